The summed E-state index contributed by atoms with van der Waals surface area (Å²) in [5.74, 6) is 0.0692. The van der Waals surface area contributed by atoms with Crippen LogP contribution in [-0.2, 0) is 18.5 Å². The van der Waals surface area contributed by atoms with Gasteiger partial charge in [-0.15, -0.1) is 0 Å². The Balaban J connectivity index is 3.05. The largest absolute Gasteiger partial charge is 0.379 e. The molecule has 0 rings (SSSR count). The van der Waals surface area contributed by atoms with E-state index in [0.717, 1.165) is 25.9 Å². The maximum absolute atomic E-state index is 10.6. The lowest BCUT2D eigenvalue weighted by molar-refractivity contribution is 0.0513. The van der Waals surface area contributed by atoms with Gasteiger partial charge in [0.15, 0.2) is 0 Å². The first-order valence-corrected chi connectivity index (χ1v) is 8.12. The molecule has 6 heteroatoms. The van der Waals surface area contributed by atoms with Crippen molar-refractivity contribution in [1.29, 1.82) is 0 Å². The van der Waals surface area contributed by atoms with Crippen molar-refractivity contribution in [3.05, 3.63) is 0 Å². The van der Waals surface area contributed by atoms with E-state index >= 15 is 0 Å². The highest BCUT2D eigenvalue weighted by molar-refractivity contribution is 8.13. The number of unbranched alkanes of at least 4 members (excludes halogenated alkanes) is 3. The Labute approximate surface area is 103 Å². The molecule has 0 heterocycles. The van der Waals surface area contributed by atoms with Gasteiger partial charge in [-0.25, -0.2) is 8.42 Å². The first kappa shape index (κ1) is 16.2. The normalized spacial score (nSPS) is 11.9. The second-order valence-corrected chi connectivity index (χ2v) is 6.36. The van der Waals surface area contributed by atoms with Crippen molar-refractivity contribution in [3.63, 3.8) is 0 Å². The molecule has 0 aliphatic heterocycles. The molecule has 0 aliphatic rings. The van der Waals surface area contributed by atoms with Crippen LogP contribution in [0.3, 0.4) is 0 Å². The smallest absolute Gasteiger partial charge is 0.232 e. The summed E-state index contributed by atoms with van der Waals surface area (Å²) in [5, 5.41) is 0. The zero-order chi connectivity index (χ0) is 12.3. The van der Waals surface area contributed by atoms with Gasteiger partial charge in [0, 0.05) is 23.9 Å². The van der Waals surface area contributed by atoms with Crippen LogP contribution < -0.4 is 0 Å². The van der Waals surface area contributed by atoms with Crippen LogP contribution in [0.1, 0.15) is 32.6 Å². The molecule has 0 aromatic heterocycles. The second kappa shape index (κ2) is 10.3. The maximum atomic E-state index is 10.6. The molecule has 16 heavy (non-hydrogen) atoms. The van der Waals surface area contributed by atoms with E-state index in [-0.39, 0.29) is 5.75 Å². The van der Waals surface area contributed by atoms with Gasteiger partial charge in [-0.2, -0.15) is 0 Å². The minimum atomic E-state index is -3.31. The van der Waals surface area contributed by atoms with Gasteiger partial charge in [0.25, 0.3) is 0 Å². The van der Waals surface area contributed by atoms with Crippen LogP contribution in [0.25, 0.3) is 0 Å². The van der Waals surface area contributed by atoms with Crippen molar-refractivity contribution >= 4 is 19.7 Å². The average Bonchev–Trinajstić information content (AvgIpc) is 2.19. The molecule has 0 bridgehead atoms. The molecule has 0 unspecified atom stereocenters. The van der Waals surface area contributed by atoms with Gasteiger partial charge >= 0.3 is 0 Å². The quantitative estimate of drug-likeness (QED) is 0.427. The molecule has 0 N–H and O–H groups in total. The van der Waals surface area contributed by atoms with E-state index in [1.165, 1.54) is 0 Å². The SMILES string of the molecule is CCOCCOCCCCCCS(=O)(=O)Cl. The fourth-order valence-corrected chi connectivity index (χ4v) is 2.07. The molecule has 0 aromatic carbocycles. The zero-order valence-electron chi connectivity index (χ0n) is 9.78. The molecule has 98 valence electrons. The van der Waals surface area contributed by atoms with Gasteiger partial charge in [-0.3, -0.25) is 0 Å². The van der Waals surface area contributed by atoms with E-state index < -0.39 is 9.05 Å². The van der Waals surface area contributed by atoms with Gasteiger partial charge in [-0.1, -0.05) is 12.8 Å². The predicted molar refractivity (Wildman–Crippen MR) is 65.4 cm³/mol. The van der Waals surface area contributed by atoms with E-state index in [1.54, 1.807) is 0 Å². The molecule has 0 aromatic rings. The molecule has 0 aliphatic carbocycles. The van der Waals surface area contributed by atoms with Crippen LogP contribution in [-0.4, -0.2) is 40.6 Å². The number of rotatable bonds is 11. The molecule has 4 nitrogen and oxygen atoms in total. The van der Waals surface area contributed by atoms with Crippen molar-refractivity contribution in [1.82, 2.24) is 0 Å². The standard InChI is InChI=1S/C10H21ClO4S/c1-2-14-8-9-15-7-5-3-4-6-10-16(11,12)13/h2-10H2,1H3. The lowest BCUT2D eigenvalue weighted by Crippen LogP contribution is -2.05. The third-order valence-electron chi connectivity index (χ3n) is 2.00. The summed E-state index contributed by atoms with van der Waals surface area (Å²) >= 11 is 0. The summed E-state index contributed by atoms with van der Waals surface area (Å²) < 4.78 is 31.6. The van der Waals surface area contributed by atoms with Gasteiger partial charge in [0.1, 0.15) is 0 Å². The summed E-state index contributed by atoms with van der Waals surface area (Å²) in [6.45, 7) is 4.65. The minimum Gasteiger partial charge on any atom is -0.379 e. The summed E-state index contributed by atoms with van der Waals surface area (Å²) in [6.07, 6.45) is 3.43. The highest BCUT2D eigenvalue weighted by Crippen LogP contribution is 2.05. The topological polar surface area (TPSA) is 52.6 Å². The fourth-order valence-electron chi connectivity index (χ4n) is 1.20. The number of halogens is 1. The highest BCUT2D eigenvalue weighted by Gasteiger charge is 2.03. The summed E-state index contributed by atoms with van der Waals surface area (Å²) in [5.41, 5.74) is 0. The van der Waals surface area contributed by atoms with Crippen molar-refractivity contribution in [2.24, 2.45) is 0 Å². The molecular weight excluding hydrogens is 252 g/mol. The monoisotopic (exact) mass is 272 g/mol. The van der Waals surface area contributed by atoms with Crippen molar-refractivity contribution in [2.75, 3.05) is 32.2 Å². The number of ether oxygens (including phenoxy) is 2. The molecule has 0 spiro atoms. The van der Waals surface area contributed by atoms with E-state index in [9.17, 15) is 8.42 Å². The predicted octanol–water partition coefficient (Wildman–Crippen LogP) is 2.17. The molecule has 0 amide bonds. The molecule has 0 radical (unpaired) electrons. The Kier molecular flexibility index (Phi) is 10.4. The van der Waals surface area contributed by atoms with Gasteiger partial charge in [0.05, 0.1) is 19.0 Å². The lowest BCUT2D eigenvalue weighted by Gasteiger charge is -2.04. The maximum Gasteiger partial charge on any atom is 0.232 e. The minimum absolute atomic E-state index is 0.0692. The zero-order valence-corrected chi connectivity index (χ0v) is 11.4. The van der Waals surface area contributed by atoms with Gasteiger partial charge < -0.3 is 9.47 Å². The molecular formula is C10H21ClO4S. The Hall–Kier alpha value is 0.160. The van der Waals surface area contributed by atoms with Crippen LogP contribution in [0.15, 0.2) is 0 Å². The average molecular weight is 273 g/mol. The van der Waals surface area contributed by atoms with E-state index in [1.807, 2.05) is 6.92 Å². The summed E-state index contributed by atoms with van der Waals surface area (Å²) in [7, 11) is 1.77. The molecule has 0 fully saturated rings. The summed E-state index contributed by atoms with van der Waals surface area (Å²) in [6, 6.07) is 0. The Morgan fingerprint density at radius 3 is 2.19 bits per heavy atom. The van der Waals surface area contributed by atoms with Crippen molar-refractivity contribution in [3.8, 4) is 0 Å². The molecule has 0 atom stereocenters. The first-order chi connectivity index (χ1) is 7.56. The number of hydrogen-bond acceptors (Lipinski definition) is 4. The van der Waals surface area contributed by atoms with E-state index in [4.69, 9.17) is 20.2 Å². The Bertz CT molecular complexity index is 241. The third kappa shape index (κ3) is 14.2. The molecule has 0 saturated carbocycles. The van der Waals surface area contributed by atoms with Crippen LogP contribution in [0.4, 0.5) is 0 Å². The molecule has 0 saturated heterocycles. The number of hydrogen-bond donors (Lipinski definition) is 0. The fraction of sp³-hybridized carbons (Fsp3) is 1.00. The first-order valence-electron chi connectivity index (χ1n) is 5.64. The van der Waals surface area contributed by atoms with E-state index in [0.29, 0.717) is 26.2 Å². The van der Waals surface area contributed by atoms with Gasteiger partial charge in [0.2, 0.25) is 9.05 Å². The van der Waals surface area contributed by atoms with Crippen LogP contribution in [0, 0.1) is 0 Å². The van der Waals surface area contributed by atoms with Crippen molar-refractivity contribution < 1.29 is 17.9 Å². The second-order valence-electron chi connectivity index (χ2n) is 3.47. The van der Waals surface area contributed by atoms with Crippen LogP contribution >= 0.6 is 10.7 Å². The Morgan fingerprint density at radius 1 is 0.938 bits per heavy atom. The van der Waals surface area contributed by atoms with Crippen molar-refractivity contribution in [2.45, 2.75) is 32.6 Å². The highest BCUT2D eigenvalue weighted by atomic mass is 35.7. The lowest BCUT2D eigenvalue weighted by atomic mass is 10.2. The van der Waals surface area contributed by atoms with Crippen LogP contribution in [0.5, 0.6) is 0 Å². The summed E-state index contributed by atoms with van der Waals surface area (Å²) in [4.78, 5) is 0. The Morgan fingerprint density at radius 2 is 1.56 bits per heavy atom. The van der Waals surface area contributed by atoms with Gasteiger partial charge in [-0.05, 0) is 19.8 Å². The van der Waals surface area contributed by atoms with Crippen LogP contribution in [0.2, 0.25) is 0 Å². The van der Waals surface area contributed by atoms with E-state index in [2.05, 4.69) is 0 Å². The third-order valence-corrected chi connectivity index (χ3v) is 3.24.